The highest BCUT2D eigenvalue weighted by molar-refractivity contribution is 6.31. The van der Waals surface area contributed by atoms with Crippen LogP contribution < -0.4 is 4.74 Å². The molecule has 1 aromatic heterocycles. The Morgan fingerprint density at radius 1 is 1.23 bits per heavy atom. The topological polar surface area (TPSA) is 48.4 Å². The van der Waals surface area contributed by atoms with Gasteiger partial charge in [0.05, 0.1) is 19.4 Å². The van der Waals surface area contributed by atoms with Crippen molar-refractivity contribution in [1.82, 2.24) is 4.98 Å². The first-order chi connectivity index (χ1) is 12.5. The number of rotatable bonds is 5. The molecule has 0 bridgehead atoms. The fraction of sp³-hybridized carbons (Fsp3) is 0.333. The number of aromatic nitrogens is 1. The van der Waals surface area contributed by atoms with E-state index in [1.807, 2.05) is 31.2 Å². The van der Waals surface area contributed by atoms with Crippen LogP contribution in [0.2, 0.25) is 5.02 Å². The lowest BCUT2D eigenvalue weighted by Crippen LogP contribution is -2.08. The van der Waals surface area contributed by atoms with E-state index in [0.29, 0.717) is 17.3 Å². The minimum atomic E-state index is -0.398. The standard InChI is InChI=1S/C21H22ClNO3/c1-4-26-21(24)19-10-6-9-18(23-19)15-8-5-7-14(15)16-12-17(22)13(2)11-20(16)25-3/h6,9-12H,4-5,7-8H2,1-3H3. The monoisotopic (exact) mass is 371 g/mol. The zero-order valence-electron chi connectivity index (χ0n) is 15.3. The summed E-state index contributed by atoms with van der Waals surface area (Å²) in [5.41, 5.74) is 5.43. The molecule has 2 aromatic rings. The van der Waals surface area contributed by atoms with E-state index < -0.39 is 5.97 Å². The second-order valence-corrected chi connectivity index (χ2v) is 6.65. The first-order valence-corrected chi connectivity index (χ1v) is 9.14. The van der Waals surface area contributed by atoms with Gasteiger partial charge < -0.3 is 9.47 Å². The number of benzene rings is 1. The van der Waals surface area contributed by atoms with Crippen LogP contribution in [0.4, 0.5) is 0 Å². The highest BCUT2D eigenvalue weighted by Gasteiger charge is 2.23. The van der Waals surface area contributed by atoms with Crippen LogP contribution in [-0.2, 0) is 4.74 Å². The van der Waals surface area contributed by atoms with E-state index >= 15 is 0 Å². The minimum absolute atomic E-state index is 0.331. The lowest BCUT2D eigenvalue weighted by molar-refractivity contribution is 0.0519. The average Bonchev–Trinajstić information content (AvgIpc) is 3.13. The molecule has 0 saturated heterocycles. The maximum Gasteiger partial charge on any atom is 0.356 e. The van der Waals surface area contributed by atoms with Gasteiger partial charge in [-0.1, -0.05) is 17.7 Å². The lowest BCUT2D eigenvalue weighted by Gasteiger charge is -2.14. The second kappa shape index (κ2) is 7.92. The number of carbonyl (C=O) groups excluding carboxylic acids is 1. The quantitative estimate of drug-likeness (QED) is 0.667. The van der Waals surface area contributed by atoms with Crippen molar-refractivity contribution in [1.29, 1.82) is 0 Å². The fourth-order valence-electron chi connectivity index (χ4n) is 3.30. The maximum absolute atomic E-state index is 12.0. The highest BCUT2D eigenvalue weighted by Crippen LogP contribution is 2.43. The SMILES string of the molecule is CCOC(=O)c1cccc(C2=C(c3cc(Cl)c(C)cc3OC)CCC2)n1. The zero-order chi connectivity index (χ0) is 18.7. The number of hydrogen-bond acceptors (Lipinski definition) is 4. The number of hydrogen-bond donors (Lipinski definition) is 0. The molecule has 1 aromatic carbocycles. The predicted molar refractivity (Wildman–Crippen MR) is 104 cm³/mol. The molecule has 0 unspecified atom stereocenters. The van der Waals surface area contributed by atoms with Gasteiger partial charge >= 0.3 is 5.97 Å². The minimum Gasteiger partial charge on any atom is -0.496 e. The van der Waals surface area contributed by atoms with Gasteiger partial charge in [0.1, 0.15) is 11.4 Å². The molecule has 3 rings (SSSR count). The molecule has 0 radical (unpaired) electrons. The molecule has 5 heteroatoms. The van der Waals surface area contributed by atoms with Gasteiger partial charge in [0.2, 0.25) is 0 Å². The van der Waals surface area contributed by atoms with Crippen LogP contribution >= 0.6 is 11.6 Å². The van der Waals surface area contributed by atoms with Crippen molar-refractivity contribution in [2.24, 2.45) is 0 Å². The number of ether oxygens (including phenoxy) is 2. The highest BCUT2D eigenvalue weighted by atomic mass is 35.5. The van der Waals surface area contributed by atoms with Crippen LogP contribution in [0, 0.1) is 6.92 Å². The Labute approximate surface area is 158 Å². The Balaban J connectivity index is 2.09. The molecular formula is C21H22ClNO3. The van der Waals surface area contributed by atoms with Gasteiger partial charge in [0.25, 0.3) is 0 Å². The van der Waals surface area contributed by atoms with Gasteiger partial charge in [-0.2, -0.15) is 0 Å². The van der Waals surface area contributed by atoms with E-state index in [2.05, 4.69) is 4.98 Å². The van der Waals surface area contributed by atoms with Crippen LogP contribution in [-0.4, -0.2) is 24.7 Å². The molecule has 4 nitrogen and oxygen atoms in total. The van der Waals surface area contributed by atoms with Gasteiger partial charge in [-0.25, -0.2) is 9.78 Å². The third kappa shape index (κ3) is 3.61. The molecule has 26 heavy (non-hydrogen) atoms. The molecule has 0 amide bonds. The first kappa shape index (κ1) is 18.5. The number of carbonyl (C=O) groups is 1. The van der Waals surface area contributed by atoms with Crippen LogP contribution in [0.25, 0.3) is 11.1 Å². The lowest BCUT2D eigenvalue weighted by atomic mass is 9.97. The van der Waals surface area contributed by atoms with Crippen molar-refractivity contribution >= 4 is 28.7 Å². The van der Waals surface area contributed by atoms with E-state index in [1.165, 1.54) is 5.57 Å². The normalized spacial score (nSPS) is 13.8. The summed E-state index contributed by atoms with van der Waals surface area (Å²) >= 11 is 6.36. The summed E-state index contributed by atoms with van der Waals surface area (Å²) in [7, 11) is 1.67. The summed E-state index contributed by atoms with van der Waals surface area (Å²) in [4.78, 5) is 16.5. The fourth-order valence-corrected chi connectivity index (χ4v) is 3.47. The molecular weight excluding hydrogens is 350 g/mol. The Hall–Kier alpha value is -2.33. The van der Waals surface area contributed by atoms with E-state index in [0.717, 1.165) is 47.4 Å². The molecule has 1 aliphatic carbocycles. The summed E-state index contributed by atoms with van der Waals surface area (Å²) in [6.07, 6.45) is 2.87. The average molecular weight is 372 g/mol. The van der Waals surface area contributed by atoms with Crippen LogP contribution in [0.15, 0.2) is 30.3 Å². The Bertz CT molecular complexity index is 874. The summed E-state index contributed by atoms with van der Waals surface area (Å²) < 4.78 is 10.7. The molecule has 0 fully saturated rings. The second-order valence-electron chi connectivity index (χ2n) is 6.24. The third-order valence-electron chi connectivity index (χ3n) is 4.57. The number of esters is 1. The van der Waals surface area contributed by atoms with Gasteiger partial charge in [0.15, 0.2) is 0 Å². The van der Waals surface area contributed by atoms with Crippen LogP contribution in [0.3, 0.4) is 0 Å². The molecule has 0 aliphatic heterocycles. The first-order valence-electron chi connectivity index (χ1n) is 8.76. The van der Waals surface area contributed by atoms with Crippen LogP contribution in [0.5, 0.6) is 5.75 Å². The molecule has 1 heterocycles. The molecule has 0 spiro atoms. The van der Waals surface area contributed by atoms with Crippen molar-refractivity contribution in [3.63, 3.8) is 0 Å². The van der Waals surface area contributed by atoms with Gasteiger partial charge in [-0.05, 0) is 74.1 Å². The number of pyridine rings is 1. The van der Waals surface area contributed by atoms with Gasteiger partial charge in [-0.15, -0.1) is 0 Å². The van der Waals surface area contributed by atoms with E-state index in [1.54, 1.807) is 20.1 Å². The Morgan fingerprint density at radius 2 is 2.00 bits per heavy atom. The number of methoxy groups -OCH3 is 1. The van der Waals surface area contributed by atoms with Crippen molar-refractivity contribution in [2.75, 3.05) is 13.7 Å². The van der Waals surface area contributed by atoms with E-state index in [-0.39, 0.29) is 0 Å². The number of nitrogens with zero attached hydrogens (tertiary/aromatic N) is 1. The molecule has 1 aliphatic rings. The summed E-state index contributed by atoms with van der Waals surface area (Å²) in [5.74, 6) is 0.410. The van der Waals surface area contributed by atoms with Gasteiger partial charge in [0, 0.05) is 10.6 Å². The summed E-state index contributed by atoms with van der Waals surface area (Å²) in [6, 6.07) is 9.39. The van der Waals surface area contributed by atoms with Crippen molar-refractivity contribution in [3.05, 3.63) is 57.9 Å². The van der Waals surface area contributed by atoms with Gasteiger partial charge in [-0.3, -0.25) is 0 Å². The van der Waals surface area contributed by atoms with Crippen molar-refractivity contribution in [2.45, 2.75) is 33.1 Å². The molecule has 0 N–H and O–H groups in total. The summed E-state index contributed by atoms with van der Waals surface area (Å²) in [5, 5.41) is 0.716. The Kier molecular flexibility index (Phi) is 5.62. The third-order valence-corrected chi connectivity index (χ3v) is 4.97. The number of halogens is 1. The summed E-state index contributed by atoms with van der Waals surface area (Å²) in [6.45, 7) is 4.08. The van der Waals surface area contributed by atoms with E-state index in [4.69, 9.17) is 21.1 Å². The maximum atomic E-state index is 12.0. The van der Waals surface area contributed by atoms with E-state index in [9.17, 15) is 4.79 Å². The Morgan fingerprint density at radius 3 is 2.73 bits per heavy atom. The zero-order valence-corrected chi connectivity index (χ0v) is 16.0. The number of allylic oxidation sites excluding steroid dienone is 2. The smallest absolute Gasteiger partial charge is 0.356 e. The largest absolute Gasteiger partial charge is 0.496 e. The van der Waals surface area contributed by atoms with Crippen molar-refractivity contribution < 1.29 is 14.3 Å². The molecule has 0 saturated carbocycles. The molecule has 0 atom stereocenters. The van der Waals surface area contributed by atoms with Crippen molar-refractivity contribution in [3.8, 4) is 5.75 Å². The molecule has 136 valence electrons. The predicted octanol–water partition coefficient (Wildman–Crippen LogP) is 5.32. The van der Waals surface area contributed by atoms with Crippen LogP contribution in [0.1, 0.15) is 53.5 Å². The number of aryl methyl sites for hydroxylation is 1.